The van der Waals surface area contributed by atoms with Gasteiger partial charge in [-0.3, -0.25) is 10.1 Å². The molecule has 28 heavy (non-hydrogen) atoms. The highest BCUT2D eigenvalue weighted by atomic mass is 35.5. The quantitative estimate of drug-likeness (QED) is 0.556. The van der Waals surface area contributed by atoms with Crippen molar-refractivity contribution in [1.82, 2.24) is 5.32 Å². The molecule has 0 fully saturated rings. The summed E-state index contributed by atoms with van der Waals surface area (Å²) in [4.78, 5) is 12.6. The first-order valence-corrected chi connectivity index (χ1v) is 9.54. The smallest absolute Gasteiger partial charge is 0.261 e. The van der Waals surface area contributed by atoms with E-state index in [0.717, 1.165) is 12.1 Å². The van der Waals surface area contributed by atoms with Crippen LogP contribution in [0.3, 0.4) is 0 Å². The Bertz CT molecular complexity index is 946. The second-order valence-electron chi connectivity index (χ2n) is 6.00. The van der Waals surface area contributed by atoms with Crippen molar-refractivity contribution in [2.75, 3.05) is 11.9 Å². The van der Waals surface area contributed by atoms with Crippen LogP contribution in [-0.4, -0.2) is 17.6 Å². The maximum absolute atomic E-state index is 12.6. The number of para-hydroxylation sites is 1. The van der Waals surface area contributed by atoms with Crippen LogP contribution in [0.15, 0.2) is 78.9 Å². The first-order chi connectivity index (χ1) is 13.6. The predicted octanol–water partition coefficient (Wildman–Crippen LogP) is 5.09. The summed E-state index contributed by atoms with van der Waals surface area (Å²) >= 11 is 11.1. The van der Waals surface area contributed by atoms with Crippen LogP contribution in [0.25, 0.3) is 0 Å². The molecule has 0 aliphatic rings. The number of thiocarbonyl (C=S) groups is 1. The standard InChI is InChI=1S/C22H19ClN2O2S/c23-17-10-12-18(13-11-17)24-22(28)25-21(26)19-8-4-5-9-20(19)27-15-14-16-6-2-1-3-7-16/h1-13H,14-15H2,(H2,24,25,26,28). The summed E-state index contributed by atoms with van der Waals surface area (Å²) in [6.45, 7) is 0.474. The number of hydrogen-bond donors (Lipinski definition) is 2. The second kappa shape index (κ2) is 9.88. The summed E-state index contributed by atoms with van der Waals surface area (Å²) in [7, 11) is 0. The van der Waals surface area contributed by atoms with E-state index in [1.165, 1.54) is 5.56 Å². The molecular formula is C22H19ClN2O2S. The van der Waals surface area contributed by atoms with Crippen molar-refractivity contribution in [2.24, 2.45) is 0 Å². The van der Waals surface area contributed by atoms with Crippen molar-refractivity contribution in [1.29, 1.82) is 0 Å². The van der Waals surface area contributed by atoms with Crippen LogP contribution in [0.5, 0.6) is 5.75 Å². The molecular weight excluding hydrogens is 392 g/mol. The predicted molar refractivity (Wildman–Crippen MR) is 117 cm³/mol. The maximum Gasteiger partial charge on any atom is 0.261 e. The third-order valence-corrected chi connectivity index (χ3v) is 4.41. The van der Waals surface area contributed by atoms with Gasteiger partial charge in [-0.15, -0.1) is 0 Å². The number of carbonyl (C=O) groups excluding carboxylic acids is 1. The Morgan fingerprint density at radius 3 is 2.36 bits per heavy atom. The third-order valence-electron chi connectivity index (χ3n) is 3.95. The van der Waals surface area contributed by atoms with E-state index in [9.17, 15) is 4.79 Å². The second-order valence-corrected chi connectivity index (χ2v) is 6.84. The molecule has 0 aliphatic heterocycles. The summed E-state index contributed by atoms with van der Waals surface area (Å²) in [5.74, 6) is 0.187. The highest BCUT2D eigenvalue weighted by Crippen LogP contribution is 2.19. The highest BCUT2D eigenvalue weighted by Gasteiger charge is 2.13. The number of halogens is 1. The lowest BCUT2D eigenvalue weighted by molar-refractivity contribution is 0.0974. The Kier molecular flexibility index (Phi) is 7.00. The SMILES string of the molecule is O=C(NC(=S)Nc1ccc(Cl)cc1)c1ccccc1OCCc1ccccc1. The van der Waals surface area contributed by atoms with Gasteiger partial charge in [-0.2, -0.15) is 0 Å². The number of carbonyl (C=O) groups is 1. The number of anilines is 1. The maximum atomic E-state index is 12.6. The molecule has 0 heterocycles. The fraction of sp³-hybridized carbons (Fsp3) is 0.0909. The van der Waals surface area contributed by atoms with Crippen LogP contribution < -0.4 is 15.4 Å². The average molecular weight is 411 g/mol. The van der Waals surface area contributed by atoms with Gasteiger partial charge in [0.15, 0.2) is 5.11 Å². The Hall–Kier alpha value is -2.89. The van der Waals surface area contributed by atoms with Gasteiger partial charge in [0.25, 0.3) is 5.91 Å². The molecule has 0 radical (unpaired) electrons. The van der Waals surface area contributed by atoms with Crippen molar-refractivity contribution < 1.29 is 9.53 Å². The van der Waals surface area contributed by atoms with Gasteiger partial charge in [0.05, 0.1) is 12.2 Å². The molecule has 0 aromatic heterocycles. The van der Waals surface area contributed by atoms with Crippen molar-refractivity contribution in [3.8, 4) is 5.75 Å². The lowest BCUT2D eigenvalue weighted by Crippen LogP contribution is -2.34. The molecule has 142 valence electrons. The monoisotopic (exact) mass is 410 g/mol. The van der Waals surface area contributed by atoms with E-state index in [4.69, 9.17) is 28.6 Å². The van der Waals surface area contributed by atoms with Crippen molar-refractivity contribution >= 4 is 40.5 Å². The summed E-state index contributed by atoms with van der Waals surface area (Å²) < 4.78 is 5.84. The molecule has 0 saturated carbocycles. The summed E-state index contributed by atoms with van der Waals surface area (Å²) in [6, 6.07) is 24.2. The van der Waals surface area contributed by atoms with Gasteiger partial charge in [-0.05, 0) is 54.2 Å². The topological polar surface area (TPSA) is 50.4 Å². The fourth-order valence-corrected chi connectivity index (χ4v) is 2.91. The molecule has 1 amide bonds. The van der Waals surface area contributed by atoms with E-state index in [0.29, 0.717) is 22.9 Å². The van der Waals surface area contributed by atoms with Crippen LogP contribution in [0, 0.1) is 0 Å². The van der Waals surface area contributed by atoms with Crippen LogP contribution in [0.2, 0.25) is 5.02 Å². The molecule has 3 rings (SSSR count). The minimum Gasteiger partial charge on any atom is -0.492 e. The lowest BCUT2D eigenvalue weighted by atomic mass is 10.1. The lowest BCUT2D eigenvalue weighted by Gasteiger charge is -2.13. The number of rotatable bonds is 6. The molecule has 2 N–H and O–H groups in total. The largest absolute Gasteiger partial charge is 0.492 e. The molecule has 0 spiro atoms. The van der Waals surface area contributed by atoms with Crippen molar-refractivity contribution in [3.05, 3.63) is 95.0 Å². The number of nitrogens with one attached hydrogen (secondary N) is 2. The molecule has 0 aliphatic carbocycles. The van der Waals surface area contributed by atoms with Crippen molar-refractivity contribution in [3.63, 3.8) is 0 Å². The van der Waals surface area contributed by atoms with Gasteiger partial charge in [-0.1, -0.05) is 54.1 Å². The molecule has 4 nitrogen and oxygen atoms in total. The van der Waals surface area contributed by atoms with Crippen LogP contribution in [-0.2, 0) is 6.42 Å². The van der Waals surface area contributed by atoms with E-state index in [1.807, 2.05) is 36.4 Å². The van der Waals surface area contributed by atoms with Gasteiger partial charge >= 0.3 is 0 Å². The Morgan fingerprint density at radius 2 is 1.61 bits per heavy atom. The Labute approximate surface area is 174 Å². The zero-order chi connectivity index (χ0) is 19.8. The molecule has 3 aromatic rings. The van der Waals surface area contributed by atoms with Gasteiger partial charge in [0.2, 0.25) is 0 Å². The van der Waals surface area contributed by atoms with Gasteiger partial charge in [0, 0.05) is 17.1 Å². The van der Waals surface area contributed by atoms with E-state index in [1.54, 1.807) is 42.5 Å². The van der Waals surface area contributed by atoms with E-state index in [-0.39, 0.29) is 11.0 Å². The Morgan fingerprint density at radius 1 is 0.929 bits per heavy atom. The number of amides is 1. The summed E-state index contributed by atoms with van der Waals surface area (Å²) in [6.07, 6.45) is 0.757. The van der Waals surface area contributed by atoms with Gasteiger partial charge in [-0.25, -0.2) is 0 Å². The molecule has 0 atom stereocenters. The van der Waals surface area contributed by atoms with Crippen molar-refractivity contribution in [2.45, 2.75) is 6.42 Å². The first kappa shape index (κ1) is 19.9. The third kappa shape index (κ3) is 5.81. The highest BCUT2D eigenvalue weighted by molar-refractivity contribution is 7.80. The summed E-state index contributed by atoms with van der Waals surface area (Å²) in [5.41, 5.74) is 2.34. The van der Waals surface area contributed by atoms with Crippen LogP contribution in [0.4, 0.5) is 5.69 Å². The fourth-order valence-electron chi connectivity index (χ4n) is 2.57. The average Bonchev–Trinajstić information content (AvgIpc) is 2.71. The molecule has 6 heteroatoms. The molecule has 0 saturated heterocycles. The molecule has 3 aromatic carbocycles. The van der Waals surface area contributed by atoms with E-state index < -0.39 is 0 Å². The van der Waals surface area contributed by atoms with E-state index in [2.05, 4.69) is 10.6 Å². The Balaban J connectivity index is 1.58. The van der Waals surface area contributed by atoms with E-state index >= 15 is 0 Å². The summed E-state index contributed by atoms with van der Waals surface area (Å²) in [5, 5.41) is 6.46. The minimum absolute atomic E-state index is 0.200. The number of ether oxygens (including phenoxy) is 1. The van der Waals surface area contributed by atoms with Gasteiger partial charge in [0.1, 0.15) is 5.75 Å². The normalized spacial score (nSPS) is 10.2. The zero-order valence-electron chi connectivity index (χ0n) is 15.0. The molecule has 0 unspecified atom stereocenters. The first-order valence-electron chi connectivity index (χ1n) is 8.75. The van der Waals surface area contributed by atoms with Crippen LogP contribution in [0.1, 0.15) is 15.9 Å². The molecule has 0 bridgehead atoms. The number of benzene rings is 3. The van der Waals surface area contributed by atoms with Crippen LogP contribution >= 0.6 is 23.8 Å². The number of hydrogen-bond acceptors (Lipinski definition) is 3. The minimum atomic E-state index is -0.332. The zero-order valence-corrected chi connectivity index (χ0v) is 16.6. The van der Waals surface area contributed by atoms with Gasteiger partial charge < -0.3 is 10.1 Å².